The van der Waals surface area contributed by atoms with Crippen molar-refractivity contribution in [3.05, 3.63) is 76.2 Å². The zero-order chi connectivity index (χ0) is 25.7. The van der Waals surface area contributed by atoms with Crippen LogP contribution in [0.5, 0.6) is 0 Å². The van der Waals surface area contributed by atoms with Crippen LogP contribution in [0.4, 0.5) is 15.5 Å². The number of amides is 3. The minimum atomic E-state index is -3.76. The van der Waals surface area contributed by atoms with Crippen molar-refractivity contribution in [1.82, 2.24) is 5.32 Å². The molecule has 3 amide bonds. The lowest BCUT2D eigenvalue weighted by molar-refractivity contribution is 0.0925. The number of imide groups is 1. The molecular weight excluding hydrogens is 502 g/mol. The number of sulfonamides is 1. The first-order valence-electron chi connectivity index (χ1n) is 11.4. The Morgan fingerprint density at radius 2 is 1.64 bits per heavy atom. The van der Waals surface area contributed by atoms with Crippen LogP contribution in [0.2, 0.25) is 0 Å². The highest BCUT2D eigenvalue weighted by Gasteiger charge is 2.28. The number of fused-ring (bicyclic) bond motifs is 1. The van der Waals surface area contributed by atoms with Gasteiger partial charge in [0, 0.05) is 16.1 Å². The monoisotopic (exact) mass is 527 g/mol. The summed E-state index contributed by atoms with van der Waals surface area (Å²) in [6, 6.07) is 13.9. The van der Waals surface area contributed by atoms with Gasteiger partial charge in [-0.05, 0) is 74.6 Å². The van der Waals surface area contributed by atoms with Crippen molar-refractivity contribution in [2.24, 2.45) is 0 Å². The molecule has 36 heavy (non-hydrogen) atoms. The molecule has 4 rings (SSSR count). The van der Waals surface area contributed by atoms with E-state index in [2.05, 4.69) is 15.4 Å². The molecule has 1 aromatic heterocycles. The third kappa shape index (κ3) is 5.74. The average Bonchev–Trinajstić information content (AvgIpc) is 3.22. The molecule has 1 aliphatic carbocycles. The van der Waals surface area contributed by atoms with E-state index in [1.54, 1.807) is 25.1 Å². The molecular formula is C25H25N3O6S2. The van der Waals surface area contributed by atoms with Crippen LogP contribution in [-0.4, -0.2) is 32.9 Å². The highest BCUT2D eigenvalue weighted by atomic mass is 32.2. The standard InChI is InChI=1S/C25H25N3O6S2/c1-2-34-25(31)27-23(30)21-19-10-6-7-11-20(19)35-24(21)26-22(29)16-12-14-17(15-13-16)28-36(32,33)18-8-4-3-5-9-18/h3-5,8-9,12-15,28H,2,6-7,10-11H2,1H3,(H,26,29)(H,27,30,31). The summed E-state index contributed by atoms with van der Waals surface area (Å²) in [5, 5.41) is 5.37. The molecule has 0 aliphatic heterocycles. The molecule has 11 heteroatoms. The van der Waals surface area contributed by atoms with Crippen molar-refractivity contribution >= 4 is 50.0 Å². The Kier molecular flexibility index (Phi) is 7.70. The van der Waals surface area contributed by atoms with Gasteiger partial charge in [0.2, 0.25) is 0 Å². The lowest BCUT2D eigenvalue weighted by Gasteiger charge is -2.13. The molecule has 9 nitrogen and oxygen atoms in total. The third-order valence-corrected chi connectivity index (χ3v) is 8.17. The molecule has 3 N–H and O–H groups in total. The number of rotatable bonds is 7. The number of aryl methyl sites for hydroxylation is 1. The van der Waals surface area contributed by atoms with Gasteiger partial charge in [-0.2, -0.15) is 0 Å². The largest absolute Gasteiger partial charge is 0.450 e. The summed E-state index contributed by atoms with van der Waals surface area (Å²) in [4.78, 5) is 38.8. The third-order valence-electron chi connectivity index (χ3n) is 5.57. The molecule has 3 aromatic rings. The molecule has 0 spiro atoms. The van der Waals surface area contributed by atoms with Crippen molar-refractivity contribution in [2.45, 2.75) is 37.5 Å². The molecule has 0 saturated heterocycles. The topological polar surface area (TPSA) is 131 Å². The number of ether oxygens (including phenoxy) is 1. The highest BCUT2D eigenvalue weighted by Crippen LogP contribution is 2.38. The van der Waals surface area contributed by atoms with Gasteiger partial charge >= 0.3 is 6.09 Å². The van der Waals surface area contributed by atoms with Crippen molar-refractivity contribution < 1.29 is 27.5 Å². The first-order valence-corrected chi connectivity index (χ1v) is 13.7. The number of carbonyl (C=O) groups excluding carboxylic acids is 3. The maximum Gasteiger partial charge on any atom is 0.414 e. The lowest BCUT2D eigenvalue weighted by atomic mass is 9.95. The quantitative estimate of drug-likeness (QED) is 0.413. The van der Waals surface area contributed by atoms with Gasteiger partial charge < -0.3 is 10.1 Å². The summed E-state index contributed by atoms with van der Waals surface area (Å²) < 4.78 is 32.3. The molecule has 2 aromatic carbocycles. The number of thiophene rings is 1. The average molecular weight is 528 g/mol. The van der Waals surface area contributed by atoms with E-state index in [0.717, 1.165) is 29.7 Å². The minimum absolute atomic E-state index is 0.127. The van der Waals surface area contributed by atoms with Crippen LogP contribution in [0.25, 0.3) is 0 Å². The van der Waals surface area contributed by atoms with E-state index < -0.39 is 27.9 Å². The Hall–Kier alpha value is -3.70. The molecule has 0 unspecified atom stereocenters. The Bertz CT molecular complexity index is 1380. The minimum Gasteiger partial charge on any atom is -0.450 e. The fraction of sp³-hybridized carbons (Fsp3) is 0.240. The second-order valence-electron chi connectivity index (χ2n) is 8.04. The zero-order valence-electron chi connectivity index (χ0n) is 19.5. The number of alkyl carbamates (subject to hydrolysis) is 1. The van der Waals surface area contributed by atoms with Gasteiger partial charge in [0.25, 0.3) is 21.8 Å². The number of hydrogen-bond acceptors (Lipinski definition) is 7. The van der Waals surface area contributed by atoms with Crippen LogP contribution in [0.3, 0.4) is 0 Å². The van der Waals surface area contributed by atoms with Crippen LogP contribution in [0.1, 0.15) is 50.9 Å². The molecule has 1 aliphatic rings. The van der Waals surface area contributed by atoms with Crippen molar-refractivity contribution in [3.8, 4) is 0 Å². The van der Waals surface area contributed by atoms with Gasteiger partial charge in [0.05, 0.1) is 17.1 Å². The summed E-state index contributed by atoms with van der Waals surface area (Å²) in [5.41, 5.74) is 1.70. The summed E-state index contributed by atoms with van der Waals surface area (Å²) >= 11 is 1.33. The molecule has 1 heterocycles. The second kappa shape index (κ2) is 10.9. The second-order valence-corrected chi connectivity index (χ2v) is 10.8. The van der Waals surface area contributed by atoms with Gasteiger partial charge in [0.15, 0.2) is 0 Å². The zero-order valence-corrected chi connectivity index (χ0v) is 21.1. The molecule has 0 fully saturated rings. The van der Waals surface area contributed by atoms with Crippen LogP contribution in [0, 0.1) is 0 Å². The van der Waals surface area contributed by atoms with E-state index >= 15 is 0 Å². The van der Waals surface area contributed by atoms with E-state index in [4.69, 9.17) is 4.74 Å². The summed E-state index contributed by atoms with van der Waals surface area (Å²) in [5.74, 6) is -1.08. The lowest BCUT2D eigenvalue weighted by Crippen LogP contribution is -2.32. The molecule has 0 bridgehead atoms. The predicted molar refractivity (Wildman–Crippen MR) is 137 cm³/mol. The Labute approximate surface area is 212 Å². The SMILES string of the molecule is CCOC(=O)NC(=O)c1c(NC(=O)c2ccc(NS(=O)(=O)c3ccccc3)cc2)sc2c1CCCC2. The van der Waals surface area contributed by atoms with Gasteiger partial charge in [-0.3, -0.25) is 19.6 Å². The molecule has 188 valence electrons. The van der Waals surface area contributed by atoms with Crippen LogP contribution in [-0.2, 0) is 27.6 Å². The Morgan fingerprint density at radius 1 is 0.944 bits per heavy atom. The van der Waals surface area contributed by atoms with Gasteiger partial charge in [-0.1, -0.05) is 18.2 Å². The van der Waals surface area contributed by atoms with Crippen LogP contribution >= 0.6 is 11.3 Å². The number of hydrogen-bond donors (Lipinski definition) is 3. The smallest absolute Gasteiger partial charge is 0.414 e. The van der Waals surface area contributed by atoms with E-state index in [-0.39, 0.29) is 22.6 Å². The van der Waals surface area contributed by atoms with E-state index in [0.29, 0.717) is 17.1 Å². The van der Waals surface area contributed by atoms with E-state index in [1.807, 2.05) is 0 Å². The molecule has 0 saturated carbocycles. The number of anilines is 2. The fourth-order valence-electron chi connectivity index (χ4n) is 3.90. The van der Waals surface area contributed by atoms with Crippen molar-refractivity contribution in [2.75, 3.05) is 16.6 Å². The maximum absolute atomic E-state index is 13.0. The van der Waals surface area contributed by atoms with Crippen LogP contribution < -0.4 is 15.4 Å². The first kappa shape index (κ1) is 25.4. The van der Waals surface area contributed by atoms with Gasteiger partial charge in [-0.15, -0.1) is 11.3 Å². The maximum atomic E-state index is 13.0. The molecule has 0 radical (unpaired) electrons. The van der Waals surface area contributed by atoms with Crippen molar-refractivity contribution in [3.63, 3.8) is 0 Å². The van der Waals surface area contributed by atoms with Crippen molar-refractivity contribution in [1.29, 1.82) is 0 Å². The highest BCUT2D eigenvalue weighted by molar-refractivity contribution is 7.92. The normalized spacial score (nSPS) is 12.8. The predicted octanol–water partition coefficient (Wildman–Crippen LogP) is 4.57. The Morgan fingerprint density at radius 3 is 2.33 bits per heavy atom. The fourth-order valence-corrected chi connectivity index (χ4v) is 6.26. The molecule has 0 atom stereocenters. The number of carbonyl (C=O) groups is 3. The summed E-state index contributed by atoms with van der Waals surface area (Å²) in [6.07, 6.45) is 2.54. The van der Waals surface area contributed by atoms with Gasteiger partial charge in [0.1, 0.15) is 5.00 Å². The number of nitrogens with one attached hydrogen (secondary N) is 3. The van der Waals surface area contributed by atoms with Crippen LogP contribution in [0.15, 0.2) is 59.5 Å². The van der Waals surface area contributed by atoms with E-state index in [1.165, 1.54) is 47.7 Å². The van der Waals surface area contributed by atoms with E-state index in [9.17, 15) is 22.8 Å². The Balaban J connectivity index is 1.52. The summed E-state index contributed by atoms with van der Waals surface area (Å²) in [6.45, 7) is 1.77. The van der Waals surface area contributed by atoms with Gasteiger partial charge in [-0.25, -0.2) is 13.2 Å². The number of benzene rings is 2. The first-order chi connectivity index (χ1) is 17.3. The summed E-state index contributed by atoms with van der Waals surface area (Å²) in [7, 11) is -3.76.